The van der Waals surface area contributed by atoms with Gasteiger partial charge in [-0.05, 0) is 44.4 Å². The highest BCUT2D eigenvalue weighted by atomic mass is 32.2. The highest BCUT2D eigenvalue weighted by molar-refractivity contribution is 7.89. The lowest BCUT2D eigenvalue weighted by Gasteiger charge is -2.32. The highest BCUT2D eigenvalue weighted by Gasteiger charge is 2.29. The van der Waals surface area contributed by atoms with Crippen LogP contribution in [0.2, 0.25) is 0 Å². The number of allylic oxidation sites excluding steroid dienone is 1. The molecule has 2 aliphatic rings. The summed E-state index contributed by atoms with van der Waals surface area (Å²) in [4.78, 5) is 12.1. The average Bonchev–Trinajstić information content (AvgIpc) is 2.47. The Morgan fingerprint density at radius 1 is 1.30 bits per heavy atom. The topological polar surface area (TPSA) is 66.5 Å². The van der Waals surface area contributed by atoms with E-state index in [1.54, 1.807) is 4.31 Å². The number of hydrogen-bond acceptors (Lipinski definition) is 3. The molecular formula is C17H30N2O3S. The highest BCUT2D eigenvalue weighted by Crippen LogP contribution is 2.21. The maximum absolute atomic E-state index is 12.2. The van der Waals surface area contributed by atoms with E-state index in [1.807, 2.05) is 13.8 Å². The molecule has 1 aliphatic heterocycles. The van der Waals surface area contributed by atoms with Crippen LogP contribution in [0.15, 0.2) is 11.6 Å². The third-order valence-electron chi connectivity index (χ3n) is 4.53. The number of nitrogens with zero attached hydrogens (tertiary/aromatic N) is 1. The third kappa shape index (κ3) is 5.92. The van der Waals surface area contributed by atoms with E-state index in [1.165, 1.54) is 18.4 Å². The van der Waals surface area contributed by atoms with Gasteiger partial charge in [0, 0.05) is 25.6 Å². The summed E-state index contributed by atoms with van der Waals surface area (Å²) in [6.45, 7) is 4.88. The molecular weight excluding hydrogens is 312 g/mol. The first-order valence-corrected chi connectivity index (χ1v) is 10.4. The number of carbonyl (C=O) groups excluding carboxylic acids is 1. The molecule has 0 bridgehead atoms. The van der Waals surface area contributed by atoms with Crippen LogP contribution in [0.25, 0.3) is 0 Å². The first-order valence-electron chi connectivity index (χ1n) is 8.82. The summed E-state index contributed by atoms with van der Waals surface area (Å²) in [6, 6.07) is 0.109. The number of amides is 1. The largest absolute Gasteiger partial charge is 0.353 e. The number of rotatable bonds is 6. The van der Waals surface area contributed by atoms with Crippen LogP contribution in [0.3, 0.4) is 0 Å². The fraction of sp³-hybridized carbons (Fsp3) is 0.824. The van der Waals surface area contributed by atoms with Crippen molar-refractivity contribution in [2.24, 2.45) is 5.92 Å². The molecule has 23 heavy (non-hydrogen) atoms. The Balaban J connectivity index is 1.76. The van der Waals surface area contributed by atoms with Crippen LogP contribution in [-0.4, -0.2) is 43.5 Å². The summed E-state index contributed by atoms with van der Waals surface area (Å²) in [6.07, 6.45) is 8.67. The van der Waals surface area contributed by atoms with Gasteiger partial charge in [0.1, 0.15) is 0 Å². The molecule has 2 rings (SSSR count). The van der Waals surface area contributed by atoms with E-state index in [0.717, 1.165) is 12.8 Å². The van der Waals surface area contributed by atoms with Crippen molar-refractivity contribution in [3.63, 3.8) is 0 Å². The Morgan fingerprint density at radius 3 is 2.57 bits per heavy atom. The van der Waals surface area contributed by atoms with E-state index in [-0.39, 0.29) is 23.6 Å². The van der Waals surface area contributed by atoms with Crippen LogP contribution in [0, 0.1) is 5.92 Å². The molecule has 1 saturated heterocycles. The zero-order chi connectivity index (χ0) is 16.9. The quantitative estimate of drug-likeness (QED) is 0.754. The Morgan fingerprint density at radius 2 is 2.00 bits per heavy atom. The summed E-state index contributed by atoms with van der Waals surface area (Å²) in [5, 5.41) is 3.08. The van der Waals surface area contributed by atoms with Gasteiger partial charge in [-0.15, -0.1) is 0 Å². The Bertz CT molecular complexity index is 532. The van der Waals surface area contributed by atoms with E-state index < -0.39 is 10.0 Å². The van der Waals surface area contributed by atoms with Crippen LogP contribution < -0.4 is 5.32 Å². The van der Waals surface area contributed by atoms with Gasteiger partial charge in [-0.1, -0.05) is 25.5 Å². The monoisotopic (exact) mass is 342 g/mol. The summed E-state index contributed by atoms with van der Waals surface area (Å²) in [5.74, 6) is 0.431. The summed E-state index contributed by atoms with van der Waals surface area (Å²) >= 11 is 0. The molecule has 0 aromatic carbocycles. The van der Waals surface area contributed by atoms with E-state index in [9.17, 15) is 13.2 Å². The minimum Gasteiger partial charge on any atom is -0.353 e. The van der Waals surface area contributed by atoms with Crippen LogP contribution in [0.1, 0.15) is 58.8 Å². The molecule has 1 aliphatic carbocycles. The molecule has 1 heterocycles. The lowest BCUT2D eigenvalue weighted by molar-refractivity contribution is -0.121. The number of piperidine rings is 1. The molecule has 6 heteroatoms. The van der Waals surface area contributed by atoms with Crippen LogP contribution in [0.4, 0.5) is 0 Å². The maximum Gasteiger partial charge on any atom is 0.224 e. The summed E-state index contributed by atoms with van der Waals surface area (Å²) in [7, 11) is -3.15. The van der Waals surface area contributed by atoms with E-state index in [0.29, 0.717) is 32.4 Å². The number of carbonyl (C=O) groups is 1. The fourth-order valence-corrected chi connectivity index (χ4v) is 5.18. The zero-order valence-electron chi connectivity index (χ0n) is 14.4. The Labute approximate surface area is 140 Å². The predicted molar refractivity (Wildman–Crippen MR) is 92.5 cm³/mol. The number of hydrogen-bond donors (Lipinski definition) is 1. The van der Waals surface area contributed by atoms with Gasteiger partial charge in [-0.2, -0.15) is 0 Å². The first kappa shape index (κ1) is 18.5. The number of nitrogens with one attached hydrogen (secondary N) is 1. The standard InChI is InChI=1S/C17H30N2O3S/c1-14(2)13-23(21,22)19-10-8-16(9-11-19)18-17(20)12-15-6-4-3-5-7-15/h6,14,16H,3-5,7-13H2,1-2H3,(H,18,20). The number of sulfonamides is 1. The minimum atomic E-state index is -3.15. The van der Waals surface area contributed by atoms with Crippen molar-refractivity contribution in [2.75, 3.05) is 18.8 Å². The maximum atomic E-state index is 12.2. The van der Waals surface area contributed by atoms with Gasteiger partial charge in [0.2, 0.25) is 15.9 Å². The van der Waals surface area contributed by atoms with Gasteiger partial charge in [0.15, 0.2) is 0 Å². The second-order valence-corrected chi connectivity index (χ2v) is 9.21. The molecule has 1 amide bonds. The second-order valence-electron chi connectivity index (χ2n) is 7.20. The second kappa shape index (κ2) is 8.29. The molecule has 0 aromatic rings. The fourth-order valence-electron chi connectivity index (χ4n) is 3.36. The molecule has 0 unspecified atom stereocenters. The molecule has 0 atom stereocenters. The van der Waals surface area contributed by atoms with Gasteiger partial charge in [0.25, 0.3) is 0 Å². The molecule has 0 saturated carbocycles. The average molecular weight is 343 g/mol. The third-order valence-corrected chi connectivity index (χ3v) is 6.77. The van der Waals surface area contributed by atoms with Crippen molar-refractivity contribution in [1.82, 2.24) is 9.62 Å². The van der Waals surface area contributed by atoms with Crippen molar-refractivity contribution in [1.29, 1.82) is 0 Å². The summed E-state index contributed by atoms with van der Waals surface area (Å²) < 4.78 is 26.0. The molecule has 1 fully saturated rings. The van der Waals surface area contributed by atoms with E-state index in [2.05, 4.69) is 11.4 Å². The van der Waals surface area contributed by atoms with Gasteiger partial charge in [-0.3, -0.25) is 4.79 Å². The first-order chi connectivity index (χ1) is 10.9. The lowest BCUT2D eigenvalue weighted by atomic mass is 9.96. The molecule has 0 aromatic heterocycles. The van der Waals surface area contributed by atoms with Gasteiger partial charge in [-0.25, -0.2) is 12.7 Å². The molecule has 0 radical (unpaired) electrons. The van der Waals surface area contributed by atoms with Gasteiger partial charge >= 0.3 is 0 Å². The normalized spacial score (nSPS) is 21.3. The van der Waals surface area contributed by atoms with Crippen molar-refractivity contribution in [3.05, 3.63) is 11.6 Å². The van der Waals surface area contributed by atoms with E-state index >= 15 is 0 Å². The predicted octanol–water partition coefficient (Wildman–Crippen LogP) is 2.44. The van der Waals surface area contributed by atoms with Crippen molar-refractivity contribution >= 4 is 15.9 Å². The molecule has 0 spiro atoms. The molecule has 5 nitrogen and oxygen atoms in total. The van der Waals surface area contributed by atoms with Crippen molar-refractivity contribution < 1.29 is 13.2 Å². The van der Waals surface area contributed by atoms with E-state index in [4.69, 9.17) is 0 Å². The van der Waals surface area contributed by atoms with Gasteiger partial charge in [0.05, 0.1) is 5.75 Å². The van der Waals surface area contributed by atoms with Crippen molar-refractivity contribution in [3.8, 4) is 0 Å². The SMILES string of the molecule is CC(C)CS(=O)(=O)N1CCC(NC(=O)CC2=CCCCC2)CC1. The van der Waals surface area contributed by atoms with Crippen molar-refractivity contribution in [2.45, 2.75) is 64.8 Å². The lowest BCUT2D eigenvalue weighted by Crippen LogP contribution is -2.47. The zero-order valence-corrected chi connectivity index (χ0v) is 15.2. The van der Waals surface area contributed by atoms with Crippen LogP contribution in [-0.2, 0) is 14.8 Å². The smallest absolute Gasteiger partial charge is 0.224 e. The van der Waals surface area contributed by atoms with Crippen LogP contribution >= 0.6 is 0 Å². The van der Waals surface area contributed by atoms with Gasteiger partial charge < -0.3 is 5.32 Å². The molecule has 132 valence electrons. The van der Waals surface area contributed by atoms with Crippen LogP contribution in [0.5, 0.6) is 0 Å². The Hall–Kier alpha value is -0.880. The molecule has 1 N–H and O–H groups in total. The minimum absolute atomic E-state index is 0.0848. The summed E-state index contributed by atoms with van der Waals surface area (Å²) in [5.41, 5.74) is 1.26. The Kier molecular flexibility index (Phi) is 6.65.